The van der Waals surface area contributed by atoms with E-state index in [0.29, 0.717) is 24.7 Å². The third kappa shape index (κ3) is 4.22. The number of piperazine rings is 1. The predicted molar refractivity (Wildman–Crippen MR) is 112 cm³/mol. The van der Waals surface area contributed by atoms with Crippen molar-refractivity contribution >= 4 is 29.0 Å². The summed E-state index contributed by atoms with van der Waals surface area (Å²) < 4.78 is 0. The highest BCUT2D eigenvalue weighted by Gasteiger charge is 2.24. The van der Waals surface area contributed by atoms with Crippen LogP contribution in [0.25, 0.3) is 0 Å². The Morgan fingerprint density at radius 2 is 1.86 bits per heavy atom. The first-order valence-electron chi connectivity index (χ1n) is 9.98. The van der Waals surface area contributed by atoms with Crippen LogP contribution in [0.5, 0.6) is 0 Å². The lowest BCUT2D eigenvalue weighted by Crippen LogP contribution is -2.49. The Balaban J connectivity index is 1.36. The summed E-state index contributed by atoms with van der Waals surface area (Å²) in [4.78, 5) is 19.2. The highest BCUT2D eigenvalue weighted by molar-refractivity contribution is 6.30. The molecule has 2 saturated heterocycles. The van der Waals surface area contributed by atoms with Crippen molar-refractivity contribution < 1.29 is 4.79 Å². The molecule has 6 nitrogen and oxygen atoms in total. The summed E-state index contributed by atoms with van der Waals surface area (Å²) in [5.41, 5.74) is 1.52. The molecule has 0 bridgehead atoms. The first-order valence-corrected chi connectivity index (χ1v) is 10.4. The molecule has 148 valence electrons. The summed E-state index contributed by atoms with van der Waals surface area (Å²) in [6.45, 7) is 7.18. The minimum atomic E-state index is -0.0446. The van der Waals surface area contributed by atoms with Crippen molar-refractivity contribution in [1.29, 1.82) is 0 Å². The second kappa shape index (κ2) is 8.35. The van der Waals surface area contributed by atoms with Crippen LogP contribution in [0.1, 0.15) is 30.3 Å². The van der Waals surface area contributed by atoms with Crippen molar-refractivity contribution in [2.45, 2.75) is 19.8 Å². The second-order valence-corrected chi connectivity index (χ2v) is 8.17. The third-order valence-electron chi connectivity index (χ3n) is 5.59. The maximum Gasteiger partial charge on any atom is 0.274 e. The number of carbonyl (C=O) groups is 1. The lowest BCUT2D eigenvalue weighted by atomic mass is 10.0. The Bertz CT molecular complexity index is 820. The molecule has 1 atom stereocenters. The number of aromatic nitrogens is 2. The minimum Gasteiger partial charge on any atom is -0.368 e. The third-order valence-corrected chi connectivity index (χ3v) is 5.83. The maximum atomic E-state index is 12.8. The molecule has 7 heteroatoms. The van der Waals surface area contributed by atoms with Gasteiger partial charge < -0.3 is 14.7 Å². The summed E-state index contributed by atoms with van der Waals surface area (Å²) in [7, 11) is 0. The van der Waals surface area contributed by atoms with Crippen LogP contribution in [0.4, 0.5) is 11.5 Å². The van der Waals surface area contributed by atoms with Gasteiger partial charge in [-0.2, -0.15) is 0 Å². The van der Waals surface area contributed by atoms with Gasteiger partial charge in [-0.05, 0) is 49.1 Å². The molecule has 3 heterocycles. The van der Waals surface area contributed by atoms with Gasteiger partial charge in [-0.25, -0.2) is 0 Å². The Labute approximate surface area is 171 Å². The van der Waals surface area contributed by atoms with Crippen LogP contribution in [0, 0.1) is 5.92 Å². The number of halogens is 1. The Morgan fingerprint density at radius 3 is 2.54 bits per heavy atom. The average Bonchev–Trinajstić information content (AvgIpc) is 2.73. The van der Waals surface area contributed by atoms with Gasteiger partial charge in [0, 0.05) is 50.0 Å². The predicted octanol–water partition coefficient (Wildman–Crippen LogP) is 3.33. The van der Waals surface area contributed by atoms with Crippen LogP contribution in [-0.4, -0.2) is 60.3 Å². The zero-order valence-corrected chi connectivity index (χ0v) is 17.0. The molecule has 0 saturated carbocycles. The van der Waals surface area contributed by atoms with E-state index in [1.165, 1.54) is 12.8 Å². The lowest BCUT2D eigenvalue weighted by molar-refractivity contribution is 0.0739. The molecular weight excluding hydrogens is 374 g/mol. The normalized spacial score (nSPS) is 20.4. The van der Waals surface area contributed by atoms with Crippen molar-refractivity contribution in [3.05, 3.63) is 47.1 Å². The molecule has 28 heavy (non-hydrogen) atoms. The van der Waals surface area contributed by atoms with Crippen LogP contribution in [0.3, 0.4) is 0 Å². The van der Waals surface area contributed by atoms with Crippen molar-refractivity contribution in [2.75, 3.05) is 49.1 Å². The first kappa shape index (κ1) is 19.0. The molecule has 1 aromatic carbocycles. The van der Waals surface area contributed by atoms with E-state index in [0.717, 1.165) is 42.7 Å². The summed E-state index contributed by atoms with van der Waals surface area (Å²) >= 11 is 6.09. The zero-order valence-electron chi connectivity index (χ0n) is 16.2. The fourth-order valence-electron chi connectivity index (χ4n) is 4.01. The highest BCUT2D eigenvalue weighted by atomic mass is 35.5. The Hall–Kier alpha value is -2.34. The van der Waals surface area contributed by atoms with Gasteiger partial charge in [0.2, 0.25) is 0 Å². The van der Waals surface area contributed by atoms with E-state index in [2.05, 4.69) is 33.0 Å². The molecular formula is C21H26ClN5O. The number of carbonyl (C=O) groups excluding carboxylic acids is 1. The van der Waals surface area contributed by atoms with Crippen LogP contribution >= 0.6 is 11.6 Å². The SMILES string of the molecule is CC1CCCN(c2ccc(C(=O)N3CCN(c4cccc(Cl)c4)CC3)nn2)C1. The fourth-order valence-corrected chi connectivity index (χ4v) is 4.19. The number of nitrogens with zero attached hydrogens (tertiary/aromatic N) is 5. The van der Waals surface area contributed by atoms with E-state index in [1.807, 2.05) is 35.2 Å². The summed E-state index contributed by atoms with van der Waals surface area (Å²) in [5, 5.41) is 9.29. The number of anilines is 2. The van der Waals surface area contributed by atoms with Crippen LogP contribution in [0.2, 0.25) is 5.02 Å². The van der Waals surface area contributed by atoms with Crippen molar-refractivity contribution in [1.82, 2.24) is 15.1 Å². The summed E-state index contributed by atoms with van der Waals surface area (Å²) in [6, 6.07) is 11.6. The number of rotatable bonds is 3. The van der Waals surface area contributed by atoms with Crippen molar-refractivity contribution in [3.63, 3.8) is 0 Å². The monoisotopic (exact) mass is 399 g/mol. The van der Waals surface area contributed by atoms with Gasteiger partial charge in [-0.1, -0.05) is 24.6 Å². The standard InChI is InChI=1S/C21H26ClN5O/c1-16-4-3-9-27(15-16)20-8-7-19(23-24-20)21(28)26-12-10-25(11-13-26)18-6-2-5-17(22)14-18/h2,5-8,14,16H,3-4,9-13,15H2,1H3. The Morgan fingerprint density at radius 1 is 1.04 bits per heavy atom. The van der Waals surface area contributed by atoms with Crippen LogP contribution in [0.15, 0.2) is 36.4 Å². The number of hydrogen-bond acceptors (Lipinski definition) is 5. The minimum absolute atomic E-state index is 0.0446. The zero-order chi connectivity index (χ0) is 19.5. The fraction of sp³-hybridized carbons (Fsp3) is 0.476. The van der Waals surface area contributed by atoms with Gasteiger partial charge in [-0.3, -0.25) is 4.79 Å². The highest BCUT2D eigenvalue weighted by Crippen LogP contribution is 2.22. The average molecular weight is 400 g/mol. The topological polar surface area (TPSA) is 52.6 Å². The number of piperidine rings is 1. The number of benzene rings is 1. The first-order chi connectivity index (χ1) is 13.6. The van der Waals surface area contributed by atoms with Crippen molar-refractivity contribution in [3.8, 4) is 0 Å². The molecule has 2 aromatic rings. The number of hydrogen-bond donors (Lipinski definition) is 0. The van der Waals surface area contributed by atoms with Crippen molar-refractivity contribution in [2.24, 2.45) is 5.92 Å². The van der Waals surface area contributed by atoms with E-state index >= 15 is 0 Å². The van der Waals surface area contributed by atoms with Gasteiger partial charge in [-0.15, -0.1) is 10.2 Å². The van der Waals surface area contributed by atoms with E-state index in [1.54, 1.807) is 0 Å². The molecule has 0 aliphatic carbocycles. The molecule has 1 aromatic heterocycles. The molecule has 4 rings (SSSR count). The quantitative estimate of drug-likeness (QED) is 0.792. The molecule has 1 amide bonds. The lowest BCUT2D eigenvalue weighted by Gasteiger charge is -2.36. The smallest absolute Gasteiger partial charge is 0.274 e. The van der Waals surface area contributed by atoms with Gasteiger partial charge in [0.05, 0.1) is 0 Å². The van der Waals surface area contributed by atoms with E-state index in [4.69, 9.17) is 11.6 Å². The van der Waals surface area contributed by atoms with Gasteiger partial charge in [0.25, 0.3) is 5.91 Å². The largest absolute Gasteiger partial charge is 0.368 e. The second-order valence-electron chi connectivity index (χ2n) is 7.73. The molecule has 0 radical (unpaired) electrons. The maximum absolute atomic E-state index is 12.8. The number of amides is 1. The van der Waals surface area contributed by atoms with E-state index in [-0.39, 0.29) is 5.91 Å². The van der Waals surface area contributed by atoms with Crippen LogP contribution in [-0.2, 0) is 0 Å². The molecule has 0 N–H and O–H groups in total. The van der Waals surface area contributed by atoms with Crippen LogP contribution < -0.4 is 9.80 Å². The molecule has 2 fully saturated rings. The molecule has 0 spiro atoms. The molecule has 1 unspecified atom stereocenters. The Kier molecular flexibility index (Phi) is 5.67. The van der Waals surface area contributed by atoms with E-state index in [9.17, 15) is 4.79 Å². The van der Waals surface area contributed by atoms with Gasteiger partial charge >= 0.3 is 0 Å². The summed E-state index contributed by atoms with van der Waals surface area (Å²) in [5.74, 6) is 1.50. The van der Waals surface area contributed by atoms with E-state index < -0.39 is 0 Å². The van der Waals surface area contributed by atoms with Gasteiger partial charge in [0.1, 0.15) is 0 Å². The van der Waals surface area contributed by atoms with Gasteiger partial charge in [0.15, 0.2) is 11.5 Å². The summed E-state index contributed by atoms with van der Waals surface area (Å²) in [6.07, 6.45) is 2.45. The molecule has 2 aliphatic heterocycles. The molecule has 2 aliphatic rings.